The van der Waals surface area contributed by atoms with Gasteiger partial charge in [0.25, 0.3) is 0 Å². The van der Waals surface area contributed by atoms with Crippen LogP contribution in [0.2, 0.25) is 0 Å². The highest BCUT2D eigenvalue weighted by Gasteiger charge is 2.38. The fraction of sp³-hybridized carbons (Fsp3) is 1.00. The molecule has 1 N–H and O–H groups in total. The number of hydrogen-bond acceptors (Lipinski definition) is 1. The van der Waals surface area contributed by atoms with E-state index >= 15 is 0 Å². The third kappa shape index (κ3) is 2.31. The molecule has 0 amide bonds. The van der Waals surface area contributed by atoms with Gasteiger partial charge in [-0.05, 0) is 42.9 Å². The summed E-state index contributed by atoms with van der Waals surface area (Å²) in [5, 5.41) is 3.82. The maximum atomic E-state index is 3.82. The molecule has 0 saturated heterocycles. The van der Waals surface area contributed by atoms with Crippen LogP contribution in [0.4, 0.5) is 0 Å². The molecule has 0 aliphatic heterocycles. The lowest BCUT2D eigenvalue weighted by Crippen LogP contribution is -2.44. The lowest BCUT2D eigenvalue weighted by Gasteiger charge is -2.36. The van der Waals surface area contributed by atoms with E-state index in [9.17, 15) is 0 Å². The summed E-state index contributed by atoms with van der Waals surface area (Å²) in [5.74, 6) is 1.78. The predicted molar refractivity (Wildman–Crippen MR) is 61.3 cm³/mol. The molecule has 2 unspecified atom stereocenters. The molecule has 0 aromatic heterocycles. The molecule has 1 nitrogen and oxygen atoms in total. The molecule has 0 aromatic carbocycles. The van der Waals surface area contributed by atoms with Gasteiger partial charge >= 0.3 is 0 Å². The first-order valence-electron chi connectivity index (χ1n) is 6.34. The van der Waals surface area contributed by atoms with Crippen molar-refractivity contribution in [3.8, 4) is 0 Å². The zero-order valence-electron chi connectivity index (χ0n) is 9.97. The number of rotatable bonds is 3. The van der Waals surface area contributed by atoms with Gasteiger partial charge in [-0.1, -0.05) is 27.2 Å². The lowest BCUT2D eigenvalue weighted by molar-refractivity contribution is 0.201. The van der Waals surface area contributed by atoms with Crippen molar-refractivity contribution in [1.29, 1.82) is 0 Å². The van der Waals surface area contributed by atoms with Gasteiger partial charge in [-0.15, -0.1) is 0 Å². The number of hydrogen-bond donors (Lipinski definition) is 1. The van der Waals surface area contributed by atoms with Gasteiger partial charge in [-0.2, -0.15) is 0 Å². The zero-order chi connectivity index (χ0) is 10.2. The summed E-state index contributed by atoms with van der Waals surface area (Å²) in [7, 11) is 0. The van der Waals surface area contributed by atoms with Crippen LogP contribution in [-0.4, -0.2) is 12.6 Å². The Hall–Kier alpha value is -0.0400. The minimum absolute atomic E-state index is 0.664. The van der Waals surface area contributed by atoms with Crippen LogP contribution in [0.5, 0.6) is 0 Å². The Labute approximate surface area is 88.7 Å². The molecule has 0 radical (unpaired) electrons. The van der Waals surface area contributed by atoms with E-state index in [0.29, 0.717) is 5.41 Å². The van der Waals surface area contributed by atoms with Crippen molar-refractivity contribution in [1.82, 2.24) is 5.32 Å². The lowest BCUT2D eigenvalue weighted by atomic mass is 9.78. The first-order valence-corrected chi connectivity index (χ1v) is 6.34. The Bertz CT molecular complexity index is 185. The highest BCUT2D eigenvalue weighted by Crippen LogP contribution is 2.44. The third-order valence-corrected chi connectivity index (χ3v) is 4.41. The highest BCUT2D eigenvalue weighted by atomic mass is 14.9. The van der Waals surface area contributed by atoms with Crippen LogP contribution in [0.3, 0.4) is 0 Å². The first-order chi connectivity index (χ1) is 6.61. The SMILES string of the molecule is CC1CCCC(C)C1NCC1(C)CC1. The Balaban J connectivity index is 1.81. The van der Waals surface area contributed by atoms with E-state index in [4.69, 9.17) is 0 Å². The summed E-state index contributed by atoms with van der Waals surface area (Å²) in [5.41, 5.74) is 0.664. The van der Waals surface area contributed by atoms with Gasteiger partial charge in [0, 0.05) is 12.6 Å². The van der Waals surface area contributed by atoms with Crippen LogP contribution >= 0.6 is 0 Å². The normalized spacial score (nSPS) is 40.9. The van der Waals surface area contributed by atoms with E-state index in [1.165, 1.54) is 38.6 Å². The molecular weight excluding hydrogens is 170 g/mol. The first kappa shape index (κ1) is 10.5. The van der Waals surface area contributed by atoms with Crippen LogP contribution < -0.4 is 5.32 Å². The van der Waals surface area contributed by atoms with Crippen LogP contribution in [0.25, 0.3) is 0 Å². The second-order valence-electron chi connectivity index (χ2n) is 6.10. The summed E-state index contributed by atoms with van der Waals surface area (Å²) in [4.78, 5) is 0. The van der Waals surface area contributed by atoms with Gasteiger partial charge in [-0.25, -0.2) is 0 Å². The van der Waals surface area contributed by atoms with Gasteiger partial charge in [0.05, 0.1) is 0 Å². The molecular formula is C13H25N. The van der Waals surface area contributed by atoms with Gasteiger partial charge in [0.1, 0.15) is 0 Å². The van der Waals surface area contributed by atoms with E-state index in [2.05, 4.69) is 26.1 Å². The number of nitrogens with one attached hydrogen (secondary N) is 1. The van der Waals surface area contributed by atoms with E-state index in [0.717, 1.165) is 17.9 Å². The molecule has 2 rings (SSSR count). The van der Waals surface area contributed by atoms with Gasteiger partial charge in [-0.3, -0.25) is 0 Å². The summed E-state index contributed by atoms with van der Waals surface area (Å²) in [6, 6.07) is 0.793. The maximum Gasteiger partial charge on any atom is 0.0118 e. The molecule has 0 spiro atoms. The second kappa shape index (κ2) is 3.84. The molecule has 2 fully saturated rings. The Morgan fingerprint density at radius 1 is 1.14 bits per heavy atom. The molecule has 1 heteroatoms. The average molecular weight is 195 g/mol. The van der Waals surface area contributed by atoms with E-state index in [1.807, 2.05) is 0 Å². The molecule has 2 aliphatic rings. The van der Waals surface area contributed by atoms with Gasteiger partial charge < -0.3 is 5.32 Å². The molecule has 82 valence electrons. The van der Waals surface area contributed by atoms with Crippen LogP contribution in [0.15, 0.2) is 0 Å². The van der Waals surface area contributed by atoms with Crippen molar-refractivity contribution in [2.75, 3.05) is 6.54 Å². The average Bonchev–Trinajstić information content (AvgIpc) is 2.83. The van der Waals surface area contributed by atoms with Crippen molar-refractivity contribution >= 4 is 0 Å². The minimum atomic E-state index is 0.664. The van der Waals surface area contributed by atoms with E-state index < -0.39 is 0 Å². The standard InChI is InChI=1S/C13H25N/c1-10-5-4-6-11(2)12(10)14-9-13(3)7-8-13/h10-12,14H,4-9H2,1-3H3. The van der Waals surface area contributed by atoms with Crippen molar-refractivity contribution in [3.05, 3.63) is 0 Å². The largest absolute Gasteiger partial charge is 0.313 e. The smallest absolute Gasteiger partial charge is 0.0118 e. The molecule has 2 aliphatic carbocycles. The minimum Gasteiger partial charge on any atom is -0.313 e. The molecule has 14 heavy (non-hydrogen) atoms. The summed E-state index contributed by atoms with van der Waals surface area (Å²) in [6.45, 7) is 8.51. The molecule has 2 saturated carbocycles. The Morgan fingerprint density at radius 2 is 1.71 bits per heavy atom. The van der Waals surface area contributed by atoms with Gasteiger partial charge in [0.15, 0.2) is 0 Å². The van der Waals surface area contributed by atoms with E-state index in [1.54, 1.807) is 0 Å². The molecule has 0 aromatic rings. The fourth-order valence-corrected chi connectivity index (χ4v) is 2.84. The fourth-order valence-electron chi connectivity index (χ4n) is 2.84. The zero-order valence-corrected chi connectivity index (χ0v) is 9.97. The Kier molecular flexibility index (Phi) is 2.88. The summed E-state index contributed by atoms with van der Waals surface area (Å²) < 4.78 is 0. The van der Waals surface area contributed by atoms with Crippen LogP contribution in [0, 0.1) is 17.3 Å². The highest BCUT2D eigenvalue weighted by molar-refractivity contribution is 4.93. The van der Waals surface area contributed by atoms with Crippen molar-refractivity contribution in [2.45, 2.75) is 58.9 Å². The molecule has 0 bridgehead atoms. The topological polar surface area (TPSA) is 12.0 Å². The monoisotopic (exact) mass is 195 g/mol. The summed E-state index contributed by atoms with van der Waals surface area (Å²) >= 11 is 0. The summed E-state index contributed by atoms with van der Waals surface area (Å²) in [6.07, 6.45) is 7.18. The van der Waals surface area contributed by atoms with Crippen LogP contribution in [0.1, 0.15) is 52.9 Å². The van der Waals surface area contributed by atoms with Crippen molar-refractivity contribution in [2.24, 2.45) is 17.3 Å². The molecule has 2 atom stereocenters. The molecule has 0 heterocycles. The van der Waals surface area contributed by atoms with Crippen molar-refractivity contribution < 1.29 is 0 Å². The maximum absolute atomic E-state index is 3.82. The Morgan fingerprint density at radius 3 is 2.21 bits per heavy atom. The van der Waals surface area contributed by atoms with Crippen LogP contribution in [-0.2, 0) is 0 Å². The quantitative estimate of drug-likeness (QED) is 0.729. The van der Waals surface area contributed by atoms with Crippen molar-refractivity contribution in [3.63, 3.8) is 0 Å². The predicted octanol–water partition coefficient (Wildman–Crippen LogP) is 3.20. The third-order valence-electron chi connectivity index (χ3n) is 4.41. The van der Waals surface area contributed by atoms with E-state index in [-0.39, 0.29) is 0 Å². The van der Waals surface area contributed by atoms with Gasteiger partial charge in [0.2, 0.25) is 0 Å². The second-order valence-corrected chi connectivity index (χ2v) is 6.10.